The number of amides is 3. The molecule has 0 saturated carbocycles. The standard InChI is InChI=1S/C20H18Cl2F3N5O2/c21-14-1-3-15(4-2-14)30(19(26)32)28-17(31)9-12-5-7-29(8-6-12)18-16(22)10-13(11-27-18)20(23,24)25/h1-4,9-11H,5-8H2,(H2,26,32)(H,28,31). The van der Waals surface area contributed by atoms with Crippen LogP contribution in [0.2, 0.25) is 10.0 Å². The van der Waals surface area contributed by atoms with E-state index in [1.807, 2.05) is 0 Å². The Kier molecular flexibility index (Phi) is 7.15. The van der Waals surface area contributed by atoms with Crippen LogP contribution in [-0.4, -0.2) is 30.0 Å². The maximum Gasteiger partial charge on any atom is 0.417 e. The second-order valence-corrected chi connectivity index (χ2v) is 7.79. The lowest BCUT2D eigenvalue weighted by molar-refractivity contribution is -0.137. The first-order chi connectivity index (χ1) is 15.0. The third-order valence-electron chi connectivity index (χ3n) is 4.72. The van der Waals surface area contributed by atoms with Gasteiger partial charge in [0.05, 0.1) is 16.3 Å². The van der Waals surface area contributed by atoms with Gasteiger partial charge in [-0.15, -0.1) is 0 Å². The predicted molar refractivity (Wildman–Crippen MR) is 115 cm³/mol. The van der Waals surface area contributed by atoms with Gasteiger partial charge in [0.15, 0.2) is 0 Å². The third-order valence-corrected chi connectivity index (χ3v) is 5.25. The minimum atomic E-state index is -4.52. The summed E-state index contributed by atoms with van der Waals surface area (Å²) in [6.07, 6.45) is -1.49. The fourth-order valence-corrected chi connectivity index (χ4v) is 3.55. The fourth-order valence-electron chi connectivity index (χ4n) is 3.13. The van der Waals surface area contributed by atoms with Gasteiger partial charge in [-0.3, -0.25) is 10.2 Å². The number of hydrogen-bond donors (Lipinski definition) is 2. The minimum absolute atomic E-state index is 0.0925. The molecule has 2 heterocycles. The van der Waals surface area contributed by atoms with Crippen LogP contribution >= 0.6 is 23.2 Å². The van der Waals surface area contributed by atoms with Gasteiger partial charge in [0.25, 0.3) is 5.91 Å². The van der Waals surface area contributed by atoms with E-state index in [2.05, 4.69) is 10.4 Å². The number of alkyl halides is 3. The number of halogens is 5. The van der Waals surface area contributed by atoms with Crippen molar-refractivity contribution >= 4 is 46.6 Å². The first-order valence-corrected chi connectivity index (χ1v) is 10.1. The Balaban J connectivity index is 1.63. The van der Waals surface area contributed by atoms with Crippen LogP contribution in [0.3, 0.4) is 0 Å². The van der Waals surface area contributed by atoms with Gasteiger partial charge in [0.1, 0.15) is 5.82 Å². The van der Waals surface area contributed by atoms with Crippen molar-refractivity contribution in [1.29, 1.82) is 0 Å². The summed E-state index contributed by atoms with van der Waals surface area (Å²) in [6.45, 7) is 0.821. The van der Waals surface area contributed by atoms with Crippen molar-refractivity contribution in [2.75, 3.05) is 23.0 Å². The lowest BCUT2D eigenvalue weighted by Crippen LogP contribution is -2.48. The number of carbonyl (C=O) groups excluding carboxylic acids is 2. The summed E-state index contributed by atoms with van der Waals surface area (Å²) in [7, 11) is 0. The highest BCUT2D eigenvalue weighted by molar-refractivity contribution is 6.33. The number of aromatic nitrogens is 1. The summed E-state index contributed by atoms with van der Waals surface area (Å²) in [4.78, 5) is 29.7. The Morgan fingerprint density at radius 2 is 1.78 bits per heavy atom. The van der Waals surface area contributed by atoms with Gasteiger partial charge in [0.2, 0.25) is 0 Å². The zero-order valence-corrected chi connectivity index (χ0v) is 18.0. The second kappa shape index (κ2) is 9.66. The van der Waals surface area contributed by atoms with Crippen LogP contribution in [0.5, 0.6) is 0 Å². The smallest absolute Gasteiger partial charge is 0.355 e. The number of nitrogens with zero attached hydrogens (tertiary/aromatic N) is 3. The van der Waals surface area contributed by atoms with Gasteiger partial charge in [-0.1, -0.05) is 28.8 Å². The first kappa shape index (κ1) is 23.7. The molecule has 3 N–H and O–H groups in total. The number of hydrogen-bond acceptors (Lipinski definition) is 4. The molecule has 1 aromatic carbocycles. The Labute approximate surface area is 191 Å². The van der Waals surface area contributed by atoms with Gasteiger partial charge in [-0.2, -0.15) is 13.2 Å². The summed E-state index contributed by atoms with van der Waals surface area (Å²) in [5, 5.41) is 1.27. The topological polar surface area (TPSA) is 91.6 Å². The quantitative estimate of drug-likeness (QED) is 0.490. The Morgan fingerprint density at radius 3 is 2.31 bits per heavy atom. The van der Waals surface area contributed by atoms with Crippen molar-refractivity contribution in [3.05, 3.63) is 63.8 Å². The van der Waals surface area contributed by atoms with Gasteiger partial charge in [0, 0.05) is 30.4 Å². The van der Waals surface area contributed by atoms with E-state index in [0.717, 1.165) is 22.8 Å². The molecule has 3 amide bonds. The van der Waals surface area contributed by atoms with E-state index < -0.39 is 23.7 Å². The van der Waals surface area contributed by atoms with Gasteiger partial charge < -0.3 is 10.6 Å². The monoisotopic (exact) mass is 487 g/mol. The maximum atomic E-state index is 12.8. The van der Waals surface area contributed by atoms with Crippen LogP contribution in [-0.2, 0) is 11.0 Å². The molecule has 0 unspecified atom stereocenters. The molecule has 0 spiro atoms. The summed E-state index contributed by atoms with van der Waals surface area (Å²) < 4.78 is 38.4. The highest BCUT2D eigenvalue weighted by Crippen LogP contribution is 2.34. The predicted octanol–water partition coefficient (Wildman–Crippen LogP) is 4.55. The minimum Gasteiger partial charge on any atom is -0.355 e. The second-order valence-electron chi connectivity index (χ2n) is 6.94. The molecule has 0 radical (unpaired) electrons. The molecule has 0 bridgehead atoms. The van der Waals surface area contributed by atoms with E-state index >= 15 is 0 Å². The number of benzene rings is 1. The lowest BCUT2D eigenvalue weighted by atomic mass is 10.0. The molecule has 7 nitrogen and oxygen atoms in total. The number of urea groups is 1. The third kappa shape index (κ3) is 5.83. The Morgan fingerprint density at radius 1 is 1.16 bits per heavy atom. The van der Waals surface area contributed by atoms with E-state index in [-0.39, 0.29) is 10.8 Å². The number of primary amides is 1. The molecule has 1 aliphatic heterocycles. The molecule has 1 saturated heterocycles. The zero-order chi connectivity index (χ0) is 23.5. The van der Waals surface area contributed by atoms with E-state index in [1.54, 1.807) is 17.0 Å². The molecule has 170 valence electrons. The molecule has 2 aromatic rings. The van der Waals surface area contributed by atoms with Crippen molar-refractivity contribution < 1.29 is 22.8 Å². The van der Waals surface area contributed by atoms with Crippen LogP contribution in [0, 0.1) is 0 Å². The number of nitrogens with two attached hydrogens (primary N) is 1. The molecule has 12 heteroatoms. The Bertz CT molecular complexity index is 1030. The first-order valence-electron chi connectivity index (χ1n) is 9.37. The van der Waals surface area contributed by atoms with Crippen LogP contribution in [0.1, 0.15) is 18.4 Å². The fraction of sp³-hybridized carbons (Fsp3) is 0.250. The molecular weight excluding hydrogens is 470 g/mol. The Hall–Kier alpha value is -2.98. The number of hydrazine groups is 1. The summed E-state index contributed by atoms with van der Waals surface area (Å²) in [6, 6.07) is 6.12. The van der Waals surface area contributed by atoms with Gasteiger partial charge in [-0.25, -0.2) is 14.8 Å². The number of pyridine rings is 1. The molecule has 1 aliphatic rings. The number of rotatable bonds is 3. The van der Waals surface area contributed by atoms with Crippen molar-refractivity contribution in [1.82, 2.24) is 10.4 Å². The normalized spacial score (nSPS) is 14.2. The van der Waals surface area contributed by atoms with Crippen molar-refractivity contribution in [3.8, 4) is 0 Å². The number of anilines is 2. The number of piperidine rings is 1. The molecule has 0 aliphatic carbocycles. The van der Waals surface area contributed by atoms with Gasteiger partial charge >= 0.3 is 12.2 Å². The van der Waals surface area contributed by atoms with Crippen molar-refractivity contribution in [3.63, 3.8) is 0 Å². The van der Waals surface area contributed by atoms with E-state index in [9.17, 15) is 22.8 Å². The maximum absolute atomic E-state index is 12.8. The van der Waals surface area contributed by atoms with Crippen LogP contribution in [0.25, 0.3) is 0 Å². The van der Waals surface area contributed by atoms with Crippen molar-refractivity contribution in [2.45, 2.75) is 19.0 Å². The van der Waals surface area contributed by atoms with Crippen LogP contribution in [0.4, 0.5) is 29.5 Å². The highest BCUT2D eigenvalue weighted by Gasteiger charge is 2.32. The highest BCUT2D eigenvalue weighted by atomic mass is 35.5. The van der Waals surface area contributed by atoms with Crippen molar-refractivity contribution in [2.24, 2.45) is 5.73 Å². The lowest BCUT2D eigenvalue weighted by Gasteiger charge is -2.30. The molecule has 3 rings (SSSR count). The summed E-state index contributed by atoms with van der Waals surface area (Å²) >= 11 is 11.8. The zero-order valence-electron chi connectivity index (χ0n) is 16.5. The van der Waals surface area contributed by atoms with Crippen LogP contribution < -0.4 is 21.1 Å². The molecule has 32 heavy (non-hydrogen) atoms. The van der Waals surface area contributed by atoms with E-state index in [4.69, 9.17) is 28.9 Å². The van der Waals surface area contributed by atoms with Crippen LogP contribution in [0.15, 0.2) is 48.2 Å². The number of nitrogens with one attached hydrogen (secondary N) is 1. The molecule has 1 aromatic heterocycles. The summed E-state index contributed by atoms with van der Waals surface area (Å²) in [5.41, 5.74) is 7.98. The summed E-state index contributed by atoms with van der Waals surface area (Å²) in [5.74, 6) is -0.293. The van der Waals surface area contributed by atoms with E-state index in [1.165, 1.54) is 18.2 Å². The average molecular weight is 488 g/mol. The molecule has 1 fully saturated rings. The molecular formula is C20H18Cl2F3N5O2. The number of carbonyl (C=O) groups is 2. The average Bonchev–Trinajstić information content (AvgIpc) is 2.72. The largest absolute Gasteiger partial charge is 0.417 e. The SMILES string of the molecule is NC(=O)N(NC(=O)C=C1CCN(c2ncc(C(F)(F)F)cc2Cl)CC1)c1ccc(Cl)cc1. The van der Waals surface area contributed by atoms with Gasteiger partial charge in [-0.05, 0) is 43.2 Å². The molecule has 0 atom stereocenters. The van der Waals surface area contributed by atoms with E-state index in [0.29, 0.717) is 36.6 Å².